The van der Waals surface area contributed by atoms with Crippen LogP contribution in [-0.4, -0.2) is 48.3 Å². The van der Waals surface area contributed by atoms with E-state index in [1.807, 2.05) is 12.1 Å². The third kappa shape index (κ3) is 4.69. The Morgan fingerprint density at radius 3 is 2.24 bits per heavy atom. The quantitative estimate of drug-likeness (QED) is 0.426. The largest absolute Gasteiger partial charge is 0.493 e. The zero-order valence-electron chi connectivity index (χ0n) is 18.3. The summed E-state index contributed by atoms with van der Waals surface area (Å²) in [6.07, 6.45) is 2.34. The molecule has 0 unspecified atom stereocenters. The van der Waals surface area contributed by atoms with Crippen LogP contribution in [0.15, 0.2) is 48.5 Å². The minimum Gasteiger partial charge on any atom is -0.493 e. The van der Waals surface area contributed by atoms with E-state index < -0.39 is 10.8 Å². The summed E-state index contributed by atoms with van der Waals surface area (Å²) in [6, 6.07) is 13.3. The van der Waals surface area contributed by atoms with Crippen LogP contribution in [0.2, 0.25) is 0 Å². The lowest BCUT2D eigenvalue weighted by Gasteiger charge is -2.15. The Kier molecular flexibility index (Phi) is 6.34. The van der Waals surface area contributed by atoms with Crippen LogP contribution in [0.25, 0.3) is 11.3 Å². The number of nitrogens with zero attached hydrogens (tertiary/aromatic N) is 4. The molecule has 10 heteroatoms. The molecule has 1 aliphatic rings. The number of nitro groups is 1. The summed E-state index contributed by atoms with van der Waals surface area (Å²) in [5.41, 5.74) is 1.52. The van der Waals surface area contributed by atoms with Crippen molar-refractivity contribution in [1.29, 1.82) is 0 Å². The Morgan fingerprint density at radius 1 is 1.00 bits per heavy atom. The molecule has 10 nitrogen and oxygen atoms in total. The lowest BCUT2D eigenvalue weighted by molar-refractivity contribution is -0.385. The molecule has 1 aliphatic heterocycles. The van der Waals surface area contributed by atoms with Crippen LogP contribution >= 0.6 is 0 Å². The first-order valence-corrected chi connectivity index (χ1v) is 10.4. The Balaban J connectivity index is 1.51. The zero-order chi connectivity index (χ0) is 23.4. The van der Waals surface area contributed by atoms with Gasteiger partial charge in [-0.15, -0.1) is 10.2 Å². The fourth-order valence-electron chi connectivity index (χ4n) is 3.72. The number of rotatable bonds is 7. The standard InChI is InChI=1S/C23H23N5O5/c1-32-20-13-17(19(28(30)31)14-21(20)33-2)23(29)24-16-7-5-15(6-8-16)18-9-10-22(26-25-18)27-11-3-4-12-27/h5-10,13-14H,3-4,11-12H2,1-2H3,(H,24,29). The molecule has 1 N–H and O–H groups in total. The van der Waals surface area contributed by atoms with Gasteiger partial charge >= 0.3 is 0 Å². The normalized spacial score (nSPS) is 13.0. The van der Waals surface area contributed by atoms with E-state index in [0.717, 1.165) is 24.5 Å². The molecule has 4 rings (SSSR count). The highest BCUT2D eigenvalue weighted by Crippen LogP contribution is 2.35. The predicted octanol–water partition coefficient (Wildman–Crippen LogP) is 3.92. The summed E-state index contributed by atoms with van der Waals surface area (Å²) in [5.74, 6) is 0.628. The number of amides is 1. The van der Waals surface area contributed by atoms with Crippen LogP contribution < -0.4 is 19.7 Å². The molecule has 33 heavy (non-hydrogen) atoms. The van der Waals surface area contributed by atoms with Crippen molar-refractivity contribution in [2.75, 3.05) is 37.5 Å². The number of benzene rings is 2. The number of anilines is 2. The molecule has 0 saturated carbocycles. The first-order chi connectivity index (χ1) is 16.0. The first kappa shape index (κ1) is 22.0. The van der Waals surface area contributed by atoms with Crippen LogP contribution in [0.5, 0.6) is 11.5 Å². The predicted molar refractivity (Wildman–Crippen MR) is 123 cm³/mol. The van der Waals surface area contributed by atoms with Gasteiger partial charge in [-0.2, -0.15) is 0 Å². The van der Waals surface area contributed by atoms with E-state index in [1.165, 1.54) is 39.2 Å². The van der Waals surface area contributed by atoms with Crippen LogP contribution in [-0.2, 0) is 0 Å². The Bertz CT molecular complexity index is 1160. The fraction of sp³-hybridized carbons (Fsp3) is 0.261. The number of hydrogen-bond donors (Lipinski definition) is 1. The maximum Gasteiger partial charge on any atom is 0.286 e. The molecule has 2 heterocycles. The SMILES string of the molecule is COc1cc(C(=O)Nc2ccc(-c3ccc(N4CCCC4)nn3)cc2)c([N+](=O)[O-])cc1OC. The number of nitrogens with one attached hydrogen (secondary N) is 1. The van der Waals surface area contributed by atoms with E-state index in [4.69, 9.17) is 9.47 Å². The molecule has 0 bridgehead atoms. The van der Waals surface area contributed by atoms with Gasteiger partial charge in [-0.3, -0.25) is 14.9 Å². The third-order valence-electron chi connectivity index (χ3n) is 5.46. The summed E-state index contributed by atoms with van der Waals surface area (Å²) in [6.45, 7) is 2.00. The Labute approximate surface area is 190 Å². The molecule has 3 aromatic rings. The summed E-state index contributed by atoms with van der Waals surface area (Å²) >= 11 is 0. The van der Waals surface area contributed by atoms with Gasteiger partial charge in [0.05, 0.1) is 30.9 Å². The number of ether oxygens (including phenoxy) is 2. The maximum atomic E-state index is 12.8. The number of hydrogen-bond acceptors (Lipinski definition) is 8. The second-order valence-electron chi connectivity index (χ2n) is 7.48. The second-order valence-corrected chi connectivity index (χ2v) is 7.48. The van der Waals surface area contributed by atoms with Gasteiger partial charge in [0.1, 0.15) is 5.56 Å². The molecule has 0 spiro atoms. The number of aromatic nitrogens is 2. The molecular formula is C23H23N5O5. The molecule has 1 amide bonds. The highest BCUT2D eigenvalue weighted by Gasteiger charge is 2.24. The number of carbonyl (C=O) groups excluding carboxylic acids is 1. The van der Waals surface area contributed by atoms with Crippen LogP contribution in [0.3, 0.4) is 0 Å². The summed E-state index contributed by atoms with van der Waals surface area (Å²) < 4.78 is 10.3. The fourth-order valence-corrected chi connectivity index (χ4v) is 3.72. The minimum absolute atomic E-state index is 0.134. The van der Waals surface area contributed by atoms with Crippen molar-refractivity contribution < 1.29 is 19.2 Å². The van der Waals surface area contributed by atoms with E-state index in [1.54, 1.807) is 24.3 Å². The van der Waals surface area contributed by atoms with E-state index in [2.05, 4.69) is 20.4 Å². The average Bonchev–Trinajstić information content (AvgIpc) is 3.38. The molecule has 1 fully saturated rings. The lowest BCUT2D eigenvalue weighted by atomic mass is 10.1. The van der Waals surface area contributed by atoms with Gasteiger partial charge in [0.2, 0.25) is 0 Å². The molecule has 1 aromatic heterocycles. The van der Waals surface area contributed by atoms with Crippen molar-refractivity contribution in [3.8, 4) is 22.8 Å². The molecule has 1 saturated heterocycles. The zero-order valence-corrected chi connectivity index (χ0v) is 18.3. The summed E-state index contributed by atoms with van der Waals surface area (Å²) in [5, 5.41) is 22.8. The van der Waals surface area contributed by atoms with Crippen molar-refractivity contribution in [3.05, 3.63) is 64.2 Å². The van der Waals surface area contributed by atoms with E-state index in [-0.39, 0.29) is 22.7 Å². The van der Waals surface area contributed by atoms with Gasteiger partial charge in [-0.05, 0) is 37.1 Å². The van der Waals surface area contributed by atoms with Gasteiger partial charge < -0.3 is 19.7 Å². The molecule has 0 aliphatic carbocycles. The van der Waals surface area contributed by atoms with Gasteiger partial charge in [-0.1, -0.05) is 12.1 Å². The Hall–Kier alpha value is -4.21. The molecule has 0 radical (unpaired) electrons. The van der Waals surface area contributed by atoms with E-state index in [0.29, 0.717) is 11.4 Å². The summed E-state index contributed by atoms with van der Waals surface area (Å²) in [7, 11) is 2.76. The lowest BCUT2D eigenvalue weighted by Crippen LogP contribution is -2.19. The van der Waals surface area contributed by atoms with E-state index in [9.17, 15) is 14.9 Å². The number of nitro benzene ring substituents is 1. The topological polar surface area (TPSA) is 120 Å². The van der Waals surface area contributed by atoms with Gasteiger partial charge in [-0.25, -0.2) is 0 Å². The van der Waals surface area contributed by atoms with Crippen molar-refractivity contribution in [2.45, 2.75) is 12.8 Å². The average molecular weight is 449 g/mol. The van der Waals surface area contributed by atoms with Crippen LogP contribution in [0.1, 0.15) is 23.2 Å². The Morgan fingerprint density at radius 2 is 1.67 bits per heavy atom. The second kappa shape index (κ2) is 9.51. The van der Waals surface area contributed by atoms with Gasteiger partial charge in [0.25, 0.3) is 11.6 Å². The van der Waals surface area contributed by atoms with Gasteiger partial charge in [0, 0.05) is 30.4 Å². The molecule has 170 valence electrons. The van der Waals surface area contributed by atoms with Gasteiger partial charge in [0.15, 0.2) is 17.3 Å². The maximum absolute atomic E-state index is 12.8. The van der Waals surface area contributed by atoms with Crippen molar-refractivity contribution >= 4 is 23.1 Å². The van der Waals surface area contributed by atoms with Crippen LogP contribution in [0.4, 0.5) is 17.2 Å². The first-order valence-electron chi connectivity index (χ1n) is 10.4. The number of methoxy groups -OCH3 is 2. The highest BCUT2D eigenvalue weighted by molar-refractivity contribution is 6.07. The third-order valence-corrected chi connectivity index (χ3v) is 5.46. The number of carbonyl (C=O) groups is 1. The smallest absolute Gasteiger partial charge is 0.286 e. The monoisotopic (exact) mass is 449 g/mol. The van der Waals surface area contributed by atoms with Crippen molar-refractivity contribution in [2.24, 2.45) is 0 Å². The van der Waals surface area contributed by atoms with E-state index >= 15 is 0 Å². The van der Waals surface area contributed by atoms with Crippen LogP contribution in [0, 0.1) is 10.1 Å². The highest BCUT2D eigenvalue weighted by atomic mass is 16.6. The van der Waals surface area contributed by atoms with Crippen molar-refractivity contribution in [1.82, 2.24) is 10.2 Å². The molecular weight excluding hydrogens is 426 g/mol. The summed E-state index contributed by atoms with van der Waals surface area (Å²) in [4.78, 5) is 25.8. The van der Waals surface area contributed by atoms with Crippen molar-refractivity contribution in [3.63, 3.8) is 0 Å². The molecule has 2 aromatic carbocycles. The minimum atomic E-state index is -0.634. The molecule has 0 atom stereocenters.